The fourth-order valence-corrected chi connectivity index (χ4v) is 1.63. The lowest BCUT2D eigenvalue weighted by Gasteiger charge is -2.06. The molecule has 1 aromatic heterocycles. The van der Waals surface area contributed by atoms with Gasteiger partial charge in [-0.2, -0.15) is 5.26 Å². The maximum Gasteiger partial charge on any atom is 0.182 e. The second-order valence-corrected chi connectivity index (χ2v) is 3.82. The van der Waals surface area contributed by atoms with Crippen LogP contribution in [0.5, 0.6) is 0 Å². The van der Waals surface area contributed by atoms with Crippen LogP contribution in [-0.2, 0) is 6.42 Å². The molecule has 0 unspecified atom stereocenters. The van der Waals surface area contributed by atoms with Gasteiger partial charge >= 0.3 is 0 Å². The lowest BCUT2D eigenvalue weighted by molar-refractivity contribution is 0.580. The normalized spacial score (nSPS) is 9.95. The topological polar surface area (TPSA) is 61.6 Å². The molecule has 1 heterocycles. The minimum Gasteiger partial charge on any atom is -0.367 e. The number of hydrogen-bond acceptors (Lipinski definition) is 4. The van der Waals surface area contributed by atoms with Gasteiger partial charge in [-0.15, -0.1) is 0 Å². The van der Waals surface area contributed by atoms with Gasteiger partial charge in [0.25, 0.3) is 0 Å². The minimum atomic E-state index is -0.604. The predicted octanol–water partition coefficient (Wildman–Crippen LogP) is 2.28. The first-order valence-corrected chi connectivity index (χ1v) is 5.59. The van der Waals surface area contributed by atoms with Gasteiger partial charge in [0.1, 0.15) is 17.7 Å². The molecule has 0 aliphatic rings. The lowest BCUT2D eigenvalue weighted by atomic mass is 10.1. The molecule has 0 radical (unpaired) electrons. The van der Waals surface area contributed by atoms with Crippen molar-refractivity contribution in [3.05, 3.63) is 53.5 Å². The maximum atomic E-state index is 13.0. The van der Waals surface area contributed by atoms with Gasteiger partial charge in [-0.25, -0.2) is 18.7 Å². The van der Waals surface area contributed by atoms with E-state index in [-0.39, 0.29) is 5.69 Å². The number of rotatable bonds is 4. The third-order valence-electron chi connectivity index (χ3n) is 2.43. The number of anilines is 1. The summed E-state index contributed by atoms with van der Waals surface area (Å²) in [5.74, 6) is -0.846. The predicted molar refractivity (Wildman–Crippen MR) is 65.3 cm³/mol. The van der Waals surface area contributed by atoms with E-state index in [1.165, 1.54) is 24.5 Å². The zero-order chi connectivity index (χ0) is 13.7. The highest BCUT2D eigenvalue weighted by molar-refractivity contribution is 5.46. The number of halogens is 2. The van der Waals surface area contributed by atoms with Gasteiger partial charge in [0.05, 0.1) is 0 Å². The summed E-state index contributed by atoms with van der Waals surface area (Å²) in [5, 5.41) is 11.7. The number of aromatic nitrogens is 2. The molecule has 0 saturated heterocycles. The third kappa shape index (κ3) is 3.45. The van der Waals surface area contributed by atoms with E-state index in [9.17, 15) is 8.78 Å². The smallest absolute Gasteiger partial charge is 0.182 e. The second kappa shape index (κ2) is 5.87. The van der Waals surface area contributed by atoms with Crippen molar-refractivity contribution < 1.29 is 8.78 Å². The number of nitrogens with zero attached hydrogens (tertiary/aromatic N) is 3. The third-order valence-corrected chi connectivity index (χ3v) is 2.43. The van der Waals surface area contributed by atoms with Crippen LogP contribution in [-0.4, -0.2) is 16.5 Å². The Morgan fingerprint density at radius 3 is 2.47 bits per heavy atom. The molecule has 0 aliphatic heterocycles. The van der Waals surface area contributed by atoms with Crippen molar-refractivity contribution in [2.75, 3.05) is 11.9 Å². The Labute approximate surface area is 108 Å². The molecule has 0 spiro atoms. The molecule has 0 amide bonds. The van der Waals surface area contributed by atoms with Crippen LogP contribution in [0.25, 0.3) is 0 Å². The van der Waals surface area contributed by atoms with E-state index in [1.54, 1.807) is 0 Å². The van der Waals surface area contributed by atoms with Crippen molar-refractivity contribution in [2.45, 2.75) is 6.42 Å². The summed E-state index contributed by atoms with van der Waals surface area (Å²) < 4.78 is 25.9. The molecule has 1 aromatic carbocycles. The molecule has 0 saturated carbocycles. The Hall–Kier alpha value is -2.55. The van der Waals surface area contributed by atoms with Gasteiger partial charge in [0, 0.05) is 25.0 Å². The lowest BCUT2D eigenvalue weighted by Crippen LogP contribution is -2.08. The van der Waals surface area contributed by atoms with Gasteiger partial charge in [-0.3, -0.25) is 0 Å². The Morgan fingerprint density at radius 1 is 1.11 bits per heavy atom. The number of nitriles is 1. The van der Waals surface area contributed by atoms with Crippen LogP contribution in [0.1, 0.15) is 11.3 Å². The van der Waals surface area contributed by atoms with E-state index in [0.29, 0.717) is 24.3 Å². The zero-order valence-corrected chi connectivity index (χ0v) is 9.90. The second-order valence-electron chi connectivity index (χ2n) is 3.82. The van der Waals surface area contributed by atoms with Gasteiger partial charge < -0.3 is 5.32 Å². The summed E-state index contributed by atoms with van der Waals surface area (Å²) in [6.07, 6.45) is 3.30. The Balaban J connectivity index is 1.98. The minimum absolute atomic E-state index is 0.188. The summed E-state index contributed by atoms with van der Waals surface area (Å²) in [7, 11) is 0. The standard InChI is InChI=1S/C13H10F2N4/c14-10-5-9(6-11(15)7-10)1-2-18-13-12(8-16)17-3-4-19-13/h3-7H,1-2H2,(H,18,19). The molecule has 4 nitrogen and oxygen atoms in total. The van der Waals surface area contributed by atoms with Crippen molar-refractivity contribution in [1.82, 2.24) is 9.97 Å². The first-order chi connectivity index (χ1) is 9.19. The van der Waals surface area contributed by atoms with E-state index in [4.69, 9.17) is 5.26 Å². The molecule has 0 fully saturated rings. The van der Waals surface area contributed by atoms with Crippen LogP contribution >= 0.6 is 0 Å². The number of benzene rings is 1. The van der Waals surface area contributed by atoms with Crippen LogP contribution < -0.4 is 5.32 Å². The maximum absolute atomic E-state index is 13.0. The molecule has 6 heteroatoms. The molecular weight excluding hydrogens is 250 g/mol. The van der Waals surface area contributed by atoms with Crippen molar-refractivity contribution in [2.24, 2.45) is 0 Å². The van der Waals surface area contributed by atoms with Crippen molar-refractivity contribution in [3.63, 3.8) is 0 Å². The molecule has 2 rings (SSSR count). The van der Waals surface area contributed by atoms with Crippen molar-refractivity contribution >= 4 is 5.82 Å². The Kier molecular flexibility index (Phi) is 3.98. The quantitative estimate of drug-likeness (QED) is 0.916. The number of nitrogens with one attached hydrogen (secondary N) is 1. The molecule has 0 atom stereocenters. The molecule has 96 valence electrons. The summed E-state index contributed by atoms with van der Waals surface area (Å²) >= 11 is 0. The van der Waals surface area contributed by atoms with E-state index < -0.39 is 11.6 Å². The van der Waals surface area contributed by atoms with Gasteiger partial charge in [-0.05, 0) is 24.1 Å². The highest BCUT2D eigenvalue weighted by Gasteiger charge is 2.04. The summed E-state index contributed by atoms with van der Waals surface area (Å²) in [4.78, 5) is 7.82. The summed E-state index contributed by atoms with van der Waals surface area (Å²) in [5.41, 5.74) is 0.723. The van der Waals surface area contributed by atoms with Crippen LogP contribution in [0, 0.1) is 23.0 Å². The molecule has 0 aliphatic carbocycles. The average molecular weight is 260 g/mol. The highest BCUT2D eigenvalue weighted by atomic mass is 19.1. The van der Waals surface area contributed by atoms with Gasteiger partial charge in [-0.1, -0.05) is 0 Å². The van der Waals surface area contributed by atoms with E-state index in [1.807, 2.05) is 6.07 Å². The van der Waals surface area contributed by atoms with Crippen molar-refractivity contribution in [3.8, 4) is 6.07 Å². The fraction of sp³-hybridized carbons (Fsp3) is 0.154. The number of hydrogen-bond donors (Lipinski definition) is 1. The van der Waals surface area contributed by atoms with E-state index in [0.717, 1.165) is 6.07 Å². The van der Waals surface area contributed by atoms with Crippen LogP contribution in [0.2, 0.25) is 0 Å². The summed E-state index contributed by atoms with van der Waals surface area (Å²) in [6, 6.07) is 5.27. The molecule has 2 aromatic rings. The molecule has 19 heavy (non-hydrogen) atoms. The first kappa shape index (κ1) is 12.9. The van der Waals surface area contributed by atoms with Gasteiger partial charge in [0.2, 0.25) is 0 Å². The Bertz CT molecular complexity index is 602. The average Bonchev–Trinajstić information content (AvgIpc) is 2.38. The van der Waals surface area contributed by atoms with E-state index >= 15 is 0 Å². The van der Waals surface area contributed by atoms with Crippen molar-refractivity contribution in [1.29, 1.82) is 5.26 Å². The molecular formula is C13H10F2N4. The first-order valence-electron chi connectivity index (χ1n) is 5.59. The van der Waals surface area contributed by atoms with E-state index in [2.05, 4.69) is 15.3 Å². The SMILES string of the molecule is N#Cc1nccnc1NCCc1cc(F)cc(F)c1. The van der Waals surface area contributed by atoms with Crippen LogP contribution in [0.3, 0.4) is 0 Å². The largest absolute Gasteiger partial charge is 0.367 e. The molecule has 1 N–H and O–H groups in total. The zero-order valence-electron chi connectivity index (χ0n) is 9.90. The summed E-state index contributed by atoms with van der Waals surface area (Å²) in [6.45, 7) is 0.399. The monoisotopic (exact) mass is 260 g/mol. The fourth-order valence-electron chi connectivity index (χ4n) is 1.63. The van der Waals surface area contributed by atoms with Crippen LogP contribution in [0.15, 0.2) is 30.6 Å². The van der Waals surface area contributed by atoms with Crippen LogP contribution in [0.4, 0.5) is 14.6 Å². The molecule has 0 bridgehead atoms. The Morgan fingerprint density at radius 2 is 1.79 bits per heavy atom. The van der Waals surface area contributed by atoms with Gasteiger partial charge in [0.15, 0.2) is 11.5 Å². The highest BCUT2D eigenvalue weighted by Crippen LogP contribution is 2.10.